The quantitative estimate of drug-likeness (QED) is 0.874. The third-order valence-electron chi connectivity index (χ3n) is 2.22. The number of ether oxygens (including phenoxy) is 1. The van der Waals surface area contributed by atoms with Crippen molar-refractivity contribution in [3.63, 3.8) is 0 Å². The van der Waals surface area contributed by atoms with E-state index in [1.165, 1.54) is 6.26 Å². The summed E-state index contributed by atoms with van der Waals surface area (Å²) in [6.45, 7) is 0. The summed E-state index contributed by atoms with van der Waals surface area (Å²) in [5.41, 5.74) is 1.42. The van der Waals surface area contributed by atoms with E-state index in [9.17, 15) is 4.79 Å². The summed E-state index contributed by atoms with van der Waals surface area (Å²) < 4.78 is 10.2. The molecule has 5 heteroatoms. The predicted molar refractivity (Wildman–Crippen MR) is 59.8 cm³/mol. The summed E-state index contributed by atoms with van der Waals surface area (Å²) in [4.78, 5) is 14.6. The van der Waals surface area contributed by atoms with E-state index < -0.39 is 5.97 Å². The zero-order chi connectivity index (χ0) is 12.3. The molecule has 0 unspecified atom stereocenters. The molecule has 0 radical (unpaired) electrons. The van der Waals surface area contributed by atoms with Crippen molar-refractivity contribution in [2.75, 3.05) is 7.11 Å². The second-order valence-corrected chi connectivity index (χ2v) is 3.43. The Morgan fingerprint density at radius 2 is 2.35 bits per heavy atom. The van der Waals surface area contributed by atoms with Gasteiger partial charge in [-0.05, 0) is 12.1 Å². The highest BCUT2D eigenvalue weighted by molar-refractivity contribution is 5.69. The third-order valence-corrected chi connectivity index (χ3v) is 2.22. The summed E-state index contributed by atoms with van der Waals surface area (Å²) >= 11 is 0. The van der Waals surface area contributed by atoms with Crippen LogP contribution in [0.25, 0.3) is 11.3 Å². The highest BCUT2D eigenvalue weighted by Gasteiger charge is 2.09. The van der Waals surface area contributed by atoms with Crippen LogP contribution in [0.3, 0.4) is 0 Å². The second-order valence-electron chi connectivity index (χ2n) is 3.43. The van der Waals surface area contributed by atoms with E-state index in [4.69, 9.17) is 14.3 Å². The summed E-state index contributed by atoms with van der Waals surface area (Å²) in [5.74, 6) is -0.0651. The first-order valence-corrected chi connectivity index (χ1v) is 4.99. The number of aliphatic carboxylic acids is 1. The normalized spacial score (nSPS) is 10.2. The topological polar surface area (TPSA) is 72.6 Å². The Kier molecular flexibility index (Phi) is 3.09. The van der Waals surface area contributed by atoms with Gasteiger partial charge in [-0.2, -0.15) is 0 Å². The van der Waals surface area contributed by atoms with Gasteiger partial charge in [0, 0.05) is 5.56 Å². The molecule has 0 spiro atoms. The molecule has 0 fully saturated rings. The van der Waals surface area contributed by atoms with Crippen LogP contribution < -0.4 is 4.74 Å². The maximum Gasteiger partial charge on any atom is 0.312 e. The van der Waals surface area contributed by atoms with Crippen molar-refractivity contribution in [1.82, 2.24) is 4.98 Å². The Hall–Kier alpha value is -2.30. The molecule has 2 rings (SSSR count). The van der Waals surface area contributed by atoms with Crippen molar-refractivity contribution in [2.45, 2.75) is 6.42 Å². The molecule has 0 amide bonds. The first-order valence-electron chi connectivity index (χ1n) is 4.99. The van der Waals surface area contributed by atoms with Crippen molar-refractivity contribution in [2.24, 2.45) is 0 Å². The molecule has 0 saturated heterocycles. The van der Waals surface area contributed by atoms with Gasteiger partial charge in [-0.1, -0.05) is 12.1 Å². The molecule has 0 aliphatic rings. The first kappa shape index (κ1) is 11.2. The molecule has 1 aromatic heterocycles. The molecule has 0 atom stereocenters. The van der Waals surface area contributed by atoms with Crippen LogP contribution in [0.4, 0.5) is 0 Å². The van der Waals surface area contributed by atoms with Gasteiger partial charge in [0.15, 0.2) is 0 Å². The number of methoxy groups -OCH3 is 1. The van der Waals surface area contributed by atoms with Crippen LogP contribution >= 0.6 is 0 Å². The number of carbonyl (C=O) groups is 1. The molecule has 0 saturated carbocycles. The fourth-order valence-corrected chi connectivity index (χ4v) is 1.44. The Morgan fingerprint density at radius 1 is 1.53 bits per heavy atom. The van der Waals surface area contributed by atoms with E-state index in [-0.39, 0.29) is 12.3 Å². The lowest BCUT2D eigenvalue weighted by atomic mass is 10.1. The van der Waals surface area contributed by atoms with Crippen molar-refractivity contribution in [3.05, 3.63) is 36.4 Å². The maximum absolute atomic E-state index is 10.5. The molecule has 0 aliphatic heterocycles. The Morgan fingerprint density at radius 3 is 3.06 bits per heavy atom. The lowest BCUT2D eigenvalue weighted by Crippen LogP contribution is -1.99. The number of carboxylic acid groups (broad SMARTS) is 1. The number of carboxylic acids is 1. The van der Waals surface area contributed by atoms with Gasteiger partial charge in [-0.3, -0.25) is 4.79 Å². The fourth-order valence-electron chi connectivity index (χ4n) is 1.44. The van der Waals surface area contributed by atoms with Crippen molar-refractivity contribution in [1.29, 1.82) is 0 Å². The minimum Gasteiger partial charge on any atom is -0.497 e. The molecule has 1 aromatic carbocycles. The lowest BCUT2D eigenvalue weighted by Gasteiger charge is -2.00. The highest BCUT2D eigenvalue weighted by Crippen LogP contribution is 2.23. The first-order chi connectivity index (χ1) is 8.19. The summed E-state index contributed by atoms with van der Waals surface area (Å²) in [6, 6.07) is 7.31. The molecule has 5 nitrogen and oxygen atoms in total. The molecular weight excluding hydrogens is 222 g/mol. The van der Waals surface area contributed by atoms with Gasteiger partial charge >= 0.3 is 5.97 Å². The van der Waals surface area contributed by atoms with Crippen molar-refractivity contribution >= 4 is 5.97 Å². The van der Waals surface area contributed by atoms with Crippen LogP contribution in [0, 0.1) is 0 Å². The van der Waals surface area contributed by atoms with Gasteiger partial charge in [0.25, 0.3) is 0 Å². The minimum atomic E-state index is -0.968. The van der Waals surface area contributed by atoms with Crippen LogP contribution in [0.2, 0.25) is 0 Å². The minimum absolute atomic E-state index is 0.190. The zero-order valence-corrected chi connectivity index (χ0v) is 9.21. The number of hydrogen-bond acceptors (Lipinski definition) is 4. The van der Waals surface area contributed by atoms with Gasteiger partial charge in [0.2, 0.25) is 5.89 Å². The monoisotopic (exact) mass is 233 g/mol. The molecule has 1 heterocycles. The van der Waals surface area contributed by atoms with E-state index >= 15 is 0 Å². The average Bonchev–Trinajstić information content (AvgIpc) is 2.77. The predicted octanol–water partition coefficient (Wildman–Crippen LogP) is 1.98. The molecular formula is C12H11NO4. The summed E-state index contributed by atoms with van der Waals surface area (Å²) in [6.07, 6.45) is 1.22. The Balaban J connectivity index is 2.26. The standard InChI is InChI=1S/C12H11NO4/c1-16-9-4-2-3-8(5-9)10-7-17-11(13-10)6-12(14)15/h2-5,7H,6H2,1H3,(H,14,15). The van der Waals surface area contributed by atoms with Crippen LogP contribution in [-0.2, 0) is 11.2 Å². The molecule has 17 heavy (non-hydrogen) atoms. The van der Waals surface area contributed by atoms with E-state index in [0.717, 1.165) is 5.56 Å². The zero-order valence-electron chi connectivity index (χ0n) is 9.21. The largest absolute Gasteiger partial charge is 0.497 e. The van der Waals surface area contributed by atoms with Crippen LogP contribution in [0.5, 0.6) is 5.75 Å². The Labute approximate surface area is 97.7 Å². The van der Waals surface area contributed by atoms with Gasteiger partial charge in [-0.15, -0.1) is 0 Å². The molecule has 2 aromatic rings. The van der Waals surface area contributed by atoms with Gasteiger partial charge < -0.3 is 14.3 Å². The van der Waals surface area contributed by atoms with Crippen molar-refractivity contribution < 1.29 is 19.1 Å². The molecule has 0 bridgehead atoms. The van der Waals surface area contributed by atoms with Crippen molar-refractivity contribution in [3.8, 4) is 17.0 Å². The average molecular weight is 233 g/mol. The number of hydrogen-bond donors (Lipinski definition) is 1. The van der Waals surface area contributed by atoms with Crippen LogP contribution in [0.15, 0.2) is 34.9 Å². The number of benzene rings is 1. The van der Waals surface area contributed by atoms with E-state index in [1.807, 2.05) is 24.3 Å². The number of rotatable bonds is 4. The van der Waals surface area contributed by atoms with Crippen LogP contribution in [-0.4, -0.2) is 23.2 Å². The van der Waals surface area contributed by atoms with E-state index in [2.05, 4.69) is 4.98 Å². The number of oxazole rings is 1. The van der Waals surface area contributed by atoms with E-state index in [1.54, 1.807) is 7.11 Å². The number of aromatic nitrogens is 1. The molecule has 1 N–H and O–H groups in total. The Bertz CT molecular complexity index is 533. The summed E-state index contributed by atoms with van der Waals surface area (Å²) in [7, 11) is 1.58. The van der Waals surface area contributed by atoms with Gasteiger partial charge in [0.1, 0.15) is 24.1 Å². The van der Waals surface area contributed by atoms with E-state index in [0.29, 0.717) is 11.4 Å². The van der Waals surface area contributed by atoms with Crippen LogP contribution in [0.1, 0.15) is 5.89 Å². The van der Waals surface area contributed by atoms with Gasteiger partial charge in [0.05, 0.1) is 7.11 Å². The molecule has 88 valence electrons. The molecule has 0 aliphatic carbocycles. The second kappa shape index (κ2) is 4.69. The third kappa shape index (κ3) is 2.63. The SMILES string of the molecule is COc1cccc(-c2coc(CC(=O)O)n2)c1. The summed E-state index contributed by atoms with van der Waals surface area (Å²) in [5, 5.41) is 8.61. The fraction of sp³-hybridized carbons (Fsp3) is 0.167. The maximum atomic E-state index is 10.5. The smallest absolute Gasteiger partial charge is 0.312 e. The highest BCUT2D eigenvalue weighted by atomic mass is 16.5. The van der Waals surface area contributed by atoms with Gasteiger partial charge in [-0.25, -0.2) is 4.98 Å². The lowest BCUT2D eigenvalue weighted by molar-refractivity contribution is -0.136. The number of nitrogens with zero attached hydrogens (tertiary/aromatic N) is 1.